The number of hydrogen-bond donors (Lipinski definition) is 2. The van der Waals surface area contributed by atoms with Gasteiger partial charge in [-0.15, -0.1) is 0 Å². The van der Waals surface area contributed by atoms with Crippen molar-refractivity contribution in [3.8, 4) is 0 Å². The molecule has 0 aliphatic rings. The number of aromatic nitrogens is 2. The first kappa shape index (κ1) is 18.9. The van der Waals surface area contributed by atoms with Gasteiger partial charge in [-0.2, -0.15) is 0 Å². The molecule has 1 aromatic heterocycles. The van der Waals surface area contributed by atoms with Crippen LogP contribution in [-0.4, -0.2) is 22.4 Å². The van der Waals surface area contributed by atoms with Crippen LogP contribution in [0, 0.1) is 13.8 Å². The Bertz CT molecular complexity index is 921. The van der Waals surface area contributed by atoms with Crippen LogP contribution in [0.4, 0.5) is 11.5 Å². The molecular weight excluding hydrogens is 360 g/mol. The average molecular weight is 381 g/mol. The molecule has 1 heterocycles. The number of benzene rings is 2. The summed E-state index contributed by atoms with van der Waals surface area (Å²) in [5.41, 5.74) is 4.25. The molecular formula is C21H21ClN4O. The van der Waals surface area contributed by atoms with Crippen molar-refractivity contribution in [2.75, 3.05) is 17.2 Å². The predicted octanol–water partition coefficient (Wildman–Crippen LogP) is 4.65. The zero-order valence-corrected chi connectivity index (χ0v) is 16.0. The summed E-state index contributed by atoms with van der Waals surface area (Å²) in [5.74, 6) is 0.353. The van der Waals surface area contributed by atoms with E-state index in [1.165, 1.54) is 6.20 Å². The first-order chi connectivity index (χ1) is 13.0. The maximum Gasteiger partial charge on any atom is 0.275 e. The number of rotatable bonds is 6. The van der Waals surface area contributed by atoms with Gasteiger partial charge in [-0.1, -0.05) is 41.9 Å². The van der Waals surface area contributed by atoms with Crippen molar-refractivity contribution in [2.24, 2.45) is 0 Å². The van der Waals surface area contributed by atoms with Crippen LogP contribution in [0.5, 0.6) is 0 Å². The standard InChI is InChI=1S/C21H21ClN4O/c1-14-5-3-6-15(2)20(14)26-21(27)18-12-25-19(13-24-18)23-10-9-16-7-4-8-17(22)11-16/h3-8,11-13H,9-10H2,1-2H3,(H,23,25)(H,26,27). The Labute approximate surface area is 163 Å². The third kappa shape index (κ3) is 5.05. The van der Waals surface area contributed by atoms with E-state index < -0.39 is 0 Å². The van der Waals surface area contributed by atoms with Gasteiger partial charge < -0.3 is 10.6 Å². The first-order valence-corrected chi connectivity index (χ1v) is 9.08. The Balaban J connectivity index is 1.57. The smallest absolute Gasteiger partial charge is 0.275 e. The van der Waals surface area contributed by atoms with E-state index in [-0.39, 0.29) is 11.6 Å². The summed E-state index contributed by atoms with van der Waals surface area (Å²) in [6.07, 6.45) is 3.86. The summed E-state index contributed by atoms with van der Waals surface area (Å²) < 4.78 is 0. The fourth-order valence-electron chi connectivity index (χ4n) is 2.75. The number of halogens is 1. The van der Waals surface area contributed by atoms with E-state index in [0.717, 1.165) is 33.8 Å². The van der Waals surface area contributed by atoms with Gasteiger partial charge in [0.1, 0.15) is 11.5 Å². The van der Waals surface area contributed by atoms with Gasteiger partial charge in [0, 0.05) is 17.3 Å². The second kappa shape index (κ2) is 8.64. The molecule has 0 unspecified atom stereocenters. The van der Waals surface area contributed by atoms with Crippen LogP contribution in [0.15, 0.2) is 54.9 Å². The molecule has 1 amide bonds. The van der Waals surface area contributed by atoms with Crippen molar-refractivity contribution >= 4 is 29.0 Å². The molecule has 3 aromatic rings. The Morgan fingerprint density at radius 1 is 1.04 bits per heavy atom. The highest BCUT2D eigenvalue weighted by molar-refractivity contribution is 6.30. The van der Waals surface area contributed by atoms with E-state index in [1.54, 1.807) is 6.20 Å². The lowest BCUT2D eigenvalue weighted by molar-refractivity contribution is 0.102. The van der Waals surface area contributed by atoms with Gasteiger partial charge in [-0.05, 0) is 49.1 Å². The fraction of sp³-hybridized carbons (Fsp3) is 0.190. The molecule has 2 aromatic carbocycles. The molecule has 0 aliphatic carbocycles. The molecule has 138 valence electrons. The molecule has 0 saturated carbocycles. The maximum absolute atomic E-state index is 12.4. The molecule has 2 N–H and O–H groups in total. The monoisotopic (exact) mass is 380 g/mol. The number of nitrogens with zero attached hydrogens (tertiary/aromatic N) is 2. The van der Waals surface area contributed by atoms with Crippen LogP contribution in [0.3, 0.4) is 0 Å². The number of carbonyl (C=O) groups excluding carboxylic acids is 1. The zero-order chi connectivity index (χ0) is 19.2. The van der Waals surface area contributed by atoms with E-state index in [2.05, 4.69) is 20.6 Å². The normalized spacial score (nSPS) is 10.5. The van der Waals surface area contributed by atoms with Crippen molar-refractivity contribution in [1.29, 1.82) is 0 Å². The Morgan fingerprint density at radius 2 is 1.78 bits per heavy atom. The number of para-hydroxylation sites is 1. The third-order valence-corrected chi connectivity index (χ3v) is 4.45. The molecule has 0 fully saturated rings. The van der Waals surface area contributed by atoms with E-state index in [4.69, 9.17) is 11.6 Å². The van der Waals surface area contributed by atoms with Gasteiger partial charge in [0.2, 0.25) is 0 Å². The van der Waals surface area contributed by atoms with Gasteiger partial charge in [-0.3, -0.25) is 4.79 Å². The molecule has 0 radical (unpaired) electrons. The minimum atomic E-state index is -0.273. The number of carbonyl (C=O) groups is 1. The molecule has 27 heavy (non-hydrogen) atoms. The highest BCUT2D eigenvalue weighted by Crippen LogP contribution is 2.20. The summed E-state index contributed by atoms with van der Waals surface area (Å²) in [4.78, 5) is 20.9. The van der Waals surface area contributed by atoms with Crippen LogP contribution in [0.1, 0.15) is 27.2 Å². The molecule has 0 bridgehead atoms. The topological polar surface area (TPSA) is 66.9 Å². The number of amides is 1. The average Bonchev–Trinajstić information content (AvgIpc) is 2.65. The fourth-order valence-corrected chi connectivity index (χ4v) is 2.97. The largest absolute Gasteiger partial charge is 0.368 e. The molecule has 0 spiro atoms. The summed E-state index contributed by atoms with van der Waals surface area (Å²) >= 11 is 5.98. The molecule has 6 heteroatoms. The lowest BCUT2D eigenvalue weighted by Crippen LogP contribution is -2.16. The predicted molar refractivity (Wildman–Crippen MR) is 110 cm³/mol. The molecule has 5 nitrogen and oxygen atoms in total. The quantitative estimate of drug-likeness (QED) is 0.653. The first-order valence-electron chi connectivity index (χ1n) is 8.71. The van der Waals surface area contributed by atoms with Crippen LogP contribution in [-0.2, 0) is 6.42 Å². The molecule has 0 saturated heterocycles. The highest BCUT2D eigenvalue weighted by atomic mass is 35.5. The highest BCUT2D eigenvalue weighted by Gasteiger charge is 2.11. The summed E-state index contributed by atoms with van der Waals surface area (Å²) in [6, 6.07) is 13.6. The minimum Gasteiger partial charge on any atom is -0.368 e. The van der Waals surface area contributed by atoms with E-state index in [1.807, 2.05) is 56.3 Å². The van der Waals surface area contributed by atoms with Crippen molar-refractivity contribution in [1.82, 2.24) is 9.97 Å². The summed E-state index contributed by atoms with van der Waals surface area (Å²) in [5, 5.41) is 6.84. The van der Waals surface area contributed by atoms with Gasteiger partial charge in [0.05, 0.1) is 12.4 Å². The van der Waals surface area contributed by atoms with Crippen molar-refractivity contribution in [3.05, 3.63) is 82.3 Å². The maximum atomic E-state index is 12.4. The molecule has 3 rings (SSSR count). The van der Waals surface area contributed by atoms with Crippen molar-refractivity contribution in [3.63, 3.8) is 0 Å². The summed E-state index contributed by atoms with van der Waals surface area (Å²) in [6.45, 7) is 4.62. The molecule has 0 atom stereocenters. The Hall–Kier alpha value is -2.92. The molecule has 0 aliphatic heterocycles. The zero-order valence-electron chi connectivity index (χ0n) is 15.3. The number of aryl methyl sites for hydroxylation is 2. The SMILES string of the molecule is Cc1cccc(C)c1NC(=O)c1cnc(NCCc2cccc(Cl)c2)cn1. The van der Waals surface area contributed by atoms with Crippen LogP contribution < -0.4 is 10.6 Å². The second-order valence-electron chi connectivity index (χ2n) is 6.31. The summed E-state index contributed by atoms with van der Waals surface area (Å²) in [7, 11) is 0. The van der Waals surface area contributed by atoms with Crippen LogP contribution >= 0.6 is 11.6 Å². The van der Waals surface area contributed by atoms with Gasteiger partial charge in [-0.25, -0.2) is 9.97 Å². The van der Waals surface area contributed by atoms with E-state index >= 15 is 0 Å². The van der Waals surface area contributed by atoms with E-state index in [0.29, 0.717) is 12.4 Å². The van der Waals surface area contributed by atoms with Crippen LogP contribution in [0.25, 0.3) is 0 Å². The Morgan fingerprint density at radius 3 is 2.44 bits per heavy atom. The number of anilines is 2. The van der Waals surface area contributed by atoms with Gasteiger partial charge in [0.15, 0.2) is 0 Å². The second-order valence-corrected chi connectivity index (χ2v) is 6.75. The van der Waals surface area contributed by atoms with Crippen molar-refractivity contribution < 1.29 is 4.79 Å². The number of hydrogen-bond acceptors (Lipinski definition) is 4. The lowest BCUT2D eigenvalue weighted by Gasteiger charge is -2.11. The Kier molecular flexibility index (Phi) is 6.04. The van der Waals surface area contributed by atoms with E-state index in [9.17, 15) is 4.79 Å². The third-order valence-electron chi connectivity index (χ3n) is 4.21. The van der Waals surface area contributed by atoms with Gasteiger partial charge >= 0.3 is 0 Å². The van der Waals surface area contributed by atoms with Gasteiger partial charge in [0.25, 0.3) is 5.91 Å². The lowest BCUT2D eigenvalue weighted by atomic mass is 10.1. The minimum absolute atomic E-state index is 0.273. The van der Waals surface area contributed by atoms with Crippen LogP contribution in [0.2, 0.25) is 5.02 Å². The van der Waals surface area contributed by atoms with Crippen molar-refractivity contribution in [2.45, 2.75) is 20.3 Å². The number of nitrogens with one attached hydrogen (secondary N) is 2.